The van der Waals surface area contributed by atoms with Gasteiger partial charge in [-0.15, -0.1) is 0 Å². The first-order valence-corrected chi connectivity index (χ1v) is 5.92. The molecule has 0 aliphatic rings. The van der Waals surface area contributed by atoms with Gasteiger partial charge < -0.3 is 5.32 Å². The van der Waals surface area contributed by atoms with Gasteiger partial charge in [0.25, 0.3) is 0 Å². The van der Waals surface area contributed by atoms with Crippen molar-refractivity contribution in [3.8, 4) is 12.1 Å². The Morgan fingerprint density at radius 2 is 2.00 bits per heavy atom. The highest BCUT2D eigenvalue weighted by Gasteiger charge is 2.19. The van der Waals surface area contributed by atoms with E-state index in [2.05, 4.69) is 5.32 Å². The molecular formula is C11H9N3O2S. The lowest BCUT2D eigenvalue weighted by Crippen LogP contribution is -2.36. The van der Waals surface area contributed by atoms with Crippen LogP contribution in [0.15, 0.2) is 35.2 Å². The molecule has 1 aromatic carbocycles. The maximum atomic E-state index is 11.9. The molecule has 5 nitrogen and oxygen atoms in total. The van der Waals surface area contributed by atoms with Crippen molar-refractivity contribution in [1.29, 1.82) is 10.5 Å². The van der Waals surface area contributed by atoms with Crippen LogP contribution in [0, 0.1) is 22.7 Å². The van der Waals surface area contributed by atoms with Gasteiger partial charge in [-0.05, 0) is 12.1 Å². The number of hydrogen-bond acceptors (Lipinski definition) is 4. The van der Waals surface area contributed by atoms with Crippen molar-refractivity contribution < 1.29 is 9.00 Å². The monoisotopic (exact) mass is 247 g/mol. The van der Waals surface area contributed by atoms with Gasteiger partial charge in [-0.2, -0.15) is 10.5 Å². The normalized spacial score (nSPS) is 12.8. The standard InChI is InChI=1S/C11H9N3O2S/c12-7-6-10(15)14-11(8-13)17(16)9-4-2-1-3-5-9/h1-5,11H,6H2,(H,14,15). The molecule has 0 aliphatic carbocycles. The number of nitriles is 2. The first kappa shape index (κ1) is 12.9. The summed E-state index contributed by atoms with van der Waals surface area (Å²) in [5.74, 6) is -0.608. The van der Waals surface area contributed by atoms with Crippen LogP contribution in [-0.2, 0) is 15.6 Å². The minimum absolute atomic E-state index is 0.357. The molecule has 1 aromatic rings. The highest BCUT2D eigenvalue weighted by atomic mass is 32.2. The summed E-state index contributed by atoms with van der Waals surface area (Å²) in [6.07, 6.45) is -0.357. The fourth-order valence-electron chi connectivity index (χ4n) is 1.09. The van der Waals surface area contributed by atoms with E-state index in [0.717, 1.165) is 0 Å². The van der Waals surface area contributed by atoms with Gasteiger partial charge in [-0.1, -0.05) is 18.2 Å². The first-order valence-electron chi connectivity index (χ1n) is 4.70. The molecule has 0 bridgehead atoms. The predicted molar refractivity (Wildman–Crippen MR) is 60.6 cm³/mol. The van der Waals surface area contributed by atoms with Crippen molar-refractivity contribution in [2.24, 2.45) is 0 Å². The number of hydrogen-bond donors (Lipinski definition) is 1. The van der Waals surface area contributed by atoms with Crippen LogP contribution in [-0.4, -0.2) is 15.5 Å². The fourth-order valence-corrected chi connectivity index (χ4v) is 2.13. The van der Waals surface area contributed by atoms with Gasteiger partial charge in [0.15, 0.2) is 5.37 Å². The zero-order valence-corrected chi connectivity index (χ0v) is 9.61. The van der Waals surface area contributed by atoms with E-state index < -0.39 is 22.1 Å². The van der Waals surface area contributed by atoms with Gasteiger partial charge in [-0.25, -0.2) is 0 Å². The smallest absolute Gasteiger partial charge is 0.235 e. The highest BCUT2D eigenvalue weighted by Crippen LogP contribution is 2.08. The van der Waals surface area contributed by atoms with Crippen LogP contribution in [0.3, 0.4) is 0 Å². The van der Waals surface area contributed by atoms with Crippen LogP contribution in [0.25, 0.3) is 0 Å². The second-order valence-electron chi connectivity index (χ2n) is 3.02. The van der Waals surface area contributed by atoms with Gasteiger partial charge in [-0.3, -0.25) is 9.00 Å². The molecule has 0 spiro atoms. The van der Waals surface area contributed by atoms with Crippen LogP contribution in [0.2, 0.25) is 0 Å². The molecule has 0 radical (unpaired) electrons. The summed E-state index contributed by atoms with van der Waals surface area (Å²) in [7, 11) is -1.65. The third kappa shape index (κ3) is 3.71. The molecule has 2 unspecified atom stereocenters. The van der Waals surface area contributed by atoms with Crippen molar-refractivity contribution in [3.05, 3.63) is 30.3 Å². The van der Waals surface area contributed by atoms with E-state index in [1.165, 1.54) is 0 Å². The topological polar surface area (TPSA) is 93.8 Å². The van der Waals surface area contributed by atoms with Crippen LogP contribution in [0.1, 0.15) is 6.42 Å². The number of benzene rings is 1. The van der Waals surface area contributed by atoms with Crippen molar-refractivity contribution in [1.82, 2.24) is 5.32 Å². The summed E-state index contributed by atoms with van der Waals surface area (Å²) in [4.78, 5) is 11.6. The van der Waals surface area contributed by atoms with Crippen molar-refractivity contribution in [2.45, 2.75) is 16.7 Å². The molecule has 1 N–H and O–H groups in total. The second-order valence-corrected chi connectivity index (χ2v) is 4.56. The zero-order valence-electron chi connectivity index (χ0n) is 8.79. The van der Waals surface area contributed by atoms with Gasteiger partial charge >= 0.3 is 0 Å². The third-order valence-electron chi connectivity index (χ3n) is 1.84. The minimum Gasteiger partial charge on any atom is -0.329 e. The van der Waals surface area contributed by atoms with Gasteiger partial charge in [0, 0.05) is 4.90 Å². The van der Waals surface area contributed by atoms with Crippen molar-refractivity contribution in [3.63, 3.8) is 0 Å². The molecule has 0 saturated heterocycles. The molecule has 86 valence electrons. The quantitative estimate of drug-likeness (QED) is 0.846. The number of carbonyl (C=O) groups is 1. The highest BCUT2D eigenvalue weighted by molar-refractivity contribution is 7.86. The molecule has 1 amide bonds. The average molecular weight is 247 g/mol. The molecule has 0 heterocycles. The molecule has 0 fully saturated rings. The molecule has 0 aliphatic heterocycles. The van der Waals surface area contributed by atoms with Gasteiger partial charge in [0.1, 0.15) is 12.5 Å². The number of rotatable bonds is 4. The van der Waals surface area contributed by atoms with Crippen LogP contribution in [0.4, 0.5) is 0 Å². The largest absolute Gasteiger partial charge is 0.329 e. The Hall–Kier alpha value is -2.18. The lowest BCUT2D eigenvalue weighted by molar-refractivity contribution is -0.120. The van der Waals surface area contributed by atoms with E-state index in [4.69, 9.17) is 10.5 Å². The summed E-state index contributed by atoms with van der Waals surface area (Å²) >= 11 is 0. The van der Waals surface area contributed by atoms with Crippen LogP contribution < -0.4 is 5.32 Å². The summed E-state index contributed by atoms with van der Waals surface area (Å²) in [5, 5.41) is 18.2. The third-order valence-corrected chi connectivity index (χ3v) is 3.23. The maximum absolute atomic E-state index is 11.9. The van der Waals surface area contributed by atoms with Crippen molar-refractivity contribution in [2.75, 3.05) is 0 Å². The lowest BCUT2D eigenvalue weighted by Gasteiger charge is -2.09. The Bertz CT molecular complexity index is 502. The predicted octanol–water partition coefficient (Wildman–Crippen LogP) is 0.674. The van der Waals surface area contributed by atoms with E-state index in [9.17, 15) is 9.00 Å². The van der Waals surface area contributed by atoms with Crippen LogP contribution >= 0.6 is 0 Å². The SMILES string of the molecule is N#CCC(=O)NC(C#N)S(=O)c1ccccc1. The number of amides is 1. The molecule has 1 rings (SSSR count). The number of nitrogens with zero attached hydrogens (tertiary/aromatic N) is 2. The van der Waals surface area contributed by atoms with E-state index >= 15 is 0 Å². The second kappa shape index (κ2) is 6.41. The average Bonchev–Trinajstić information content (AvgIpc) is 2.36. The Labute approximate surface area is 101 Å². The summed E-state index contributed by atoms with van der Waals surface area (Å²) < 4.78 is 11.9. The Balaban J connectivity index is 2.77. The molecule has 6 heteroatoms. The summed E-state index contributed by atoms with van der Waals surface area (Å²) in [6, 6.07) is 11.8. The molecule has 2 atom stereocenters. The number of carbonyl (C=O) groups excluding carboxylic acids is 1. The van der Waals surface area contributed by atoms with E-state index in [1.54, 1.807) is 42.5 Å². The van der Waals surface area contributed by atoms with Crippen LogP contribution in [0.5, 0.6) is 0 Å². The summed E-state index contributed by atoms with van der Waals surface area (Å²) in [6.45, 7) is 0. The van der Waals surface area contributed by atoms with Crippen molar-refractivity contribution >= 4 is 16.7 Å². The Kier molecular flexibility index (Phi) is 4.86. The maximum Gasteiger partial charge on any atom is 0.235 e. The molecule has 0 aromatic heterocycles. The Morgan fingerprint density at radius 3 is 2.53 bits per heavy atom. The van der Waals surface area contributed by atoms with E-state index in [-0.39, 0.29) is 6.42 Å². The van der Waals surface area contributed by atoms with E-state index in [1.807, 2.05) is 0 Å². The number of nitrogens with one attached hydrogen (secondary N) is 1. The fraction of sp³-hybridized carbons (Fsp3) is 0.182. The first-order chi connectivity index (χ1) is 8.19. The molecule has 0 saturated carbocycles. The van der Waals surface area contributed by atoms with Gasteiger partial charge in [0.05, 0.1) is 16.9 Å². The molecular weight excluding hydrogens is 238 g/mol. The molecule has 17 heavy (non-hydrogen) atoms. The Morgan fingerprint density at radius 1 is 1.35 bits per heavy atom. The van der Waals surface area contributed by atoms with Gasteiger partial charge in [0.2, 0.25) is 5.91 Å². The lowest BCUT2D eigenvalue weighted by atomic mass is 10.4. The van der Waals surface area contributed by atoms with E-state index in [0.29, 0.717) is 4.90 Å². The minimum atomic E-state index is -1.65. The zero-order chi connectivity index (χ0) is 12.7. The summed E-state index contributed by atoms with van der Waals surface area (Å²) in [5.41, 5.74) is 0.